The van der Waals surface area contributed by atoms with E-state index in [1.807, 2.05) is 26.0 Å². The lowest BCUT2D eigenvalue weighted by Crippen LogP contribution is -2.19. The standard InChI is InChI=1S/C27H39NO2/c1-19(21(3)15-17-28-24(6)26(29)30)12-9-10-13-20(2)23(5)18-25-22(4)14-11-16-27(25,7)8/h9-10,12-13,15,17-18,24H,11,14,16H2,1-8H3,(H,29,30)/b10-9+,19-12+,20-13+,21-15+,23-18+,28-17-/t24-/m0/s1. The Labute approximate surface area is 183 Å². The molecule has 1 aliphatic carbocycles. The topological polar surface area (TPSA) is 49.7 Å². The molecular weight excluding hydrogens is 370 g/mol. The van der Waals surface area contributed by atoms with Gasteiger partial charge in [0.25, 0.3) is 0 Å². The Bertz CT molecular complexity index is 842. The van der Waals surface area contributed by atoms with Crippen LogP contribution in [0.5, 0.6) is 0 Å². The van der Waals surface area contributed by atoms with Crippen LogP contribution in [0.1, 0.15) is 74.7 Å². The van der Waals surface area contributed by atoms with Crippen molar-refractivity contribution in [2.24, 2.45) is 10.4 Å². The molecule has 0 amide bonds. The Hall–Kier alpha value is -2.42. The van der Waals surface area contributed by atoms with Gasteiger partial charge in [-0.1, -0.05) is 49.8 Å². The van der Waals surface area contributed by atoms with Gasteiger partial charge in [0.1, 0.15) is 6.04 Å². The third kappa shape index (κ3) is 8.14. The predicted octanol–water partition coefficient (Wildman–Crippen LogP) is 7.40. The van der Waals surface area contributed by atoms with Gasteiger partial charge in [-0.3, -0.25) is 4.99 Å². The van der Waals surface area contributed by atoms with Gasteiger partial charge in [0, 0.05) is 6.21 Å². The first kappa shape index (κ1) is 25.6. The number of aliphatic carboxylic acids is 1. The van der Waals surface area contributed by atoms with E-state index in [-0.39, 0.29) is 5.41 Å². The molecule has 0 aromatic carbocycles. The number of allylic oxidation sites excluding steroid dienone is 12. The van der Waals surface area contributed by atoms with Crippen molar-refractivity contribution in [3.63, 3.8) is 0 Å². The van der Waals surface area contributed by atoms with Crippen molar-refractivity contribution in [1.82, 2.24) is 0 Å². The predicted molar refractivity (Wildman–Crippen MR) is 130 cm³/mol. The molecule has 0 aliphatic heterocycles. The number of hydrogen-bond donors (Lipinski definition) is 1. The van der Waals surface area contributed by atoms with Gasteiger partial charge in [-0.2, -0.15) is 0 Å². The summed E-state index contributed by atoms with van der Waals surface area (Å²) in [5.41, 5.74) is 8.03. The summed E-state index contributed by atoms with van der Waals surface area (Å²) in [5.74, 6) is -0.919. The lowest BCUT2D eigenvalue weighted by molar-refractivity contribution is -0.137. The quantitative estimate of drug-likeness (QED) is 0.335. The summed E-state index contributed by atoms with van der Waals surface area (Å²) in [6.07, 6.45) is 17.8. The number of aliphatic imine (C=N–C) groups is 1. The highest BCUT2D eigenvalue weighted by atomic mass is 16.4. The highest BCUT2D eigenvalue weighted by Gasteiger charge is 2.26. The third-order valence-corrected chi connectivity index (χ3v) is 5.94. The molecular formula is C27H39NO2. The van der Waals surface area contributed by atoms with Crippen LogP contribution in [0.25, 0.3) is 0 Å². The van der Waals surface area contributed by atoms with Crippen molar-refractivity contribution < 1.29 is 9.90 Å². The monoisotopic (exact) mass is 409 g/mol. The van der Waals surface area contributed by atoms with E-state index in [1.165, 1.54) is 41.6 Å². The number of carbonyl (C=O) groups is 1. The summed E-state index contributed by atoms with van der Waals surface area (Å²) in [5, 5.41) is 8.85. The van der Waals surface area contributed by atoms with E-state index in [1.54, 1.807) is 13.1 Å². The minimum Gasteiger partial charge on any atom is -0.480 e. The molecule has 0 saturated heterocycles. The Balaban J connectivity index is 2.84. The van der Waals surface area contributed by atoms with E-state index in [4.69, 9.17) is 5.11 Å². The summed E-state index contributed by atoms with van der Waals surface area (Å²) in [4.78, 5) is 14.8. The second-order valence-electron chi connectivity index (χ2n) is 9.01. The van der Waals surface area contributed by atoms with E-state index >= 15 is 0 Å². The van der Waals surface area contributed by atoms with Gasteiger partial charge < -0.3 is 5.11 Å². The molecule has 0 unspecified atom stereocenters. The minimum absolute atomic E-state index is 0.259. The van der Waals surface area contributed by atoms with Crippen molar-refractivity contribution >= 4 is 12.2 Å². The Kier molecular flexibility index (Phi) is 9.98. The zero-order valence-corrected chi connectivity index (χ0v) is 20.0. The molecule has 30 heavy (non-hydrogen) atoms. The van der Waals surface area contributed by atoms with Gasteiger partial charge >= 0.3 is 5.97 Å². The highest BCUT2D eigenvalue weighted by molar-refractivity contribution is 5.79. The fourth-order valence-corrected chi connectivity index (χ4v) is 3.43. The zero-order valence-electron chi connectivity index (χ0n) is 20.0. The van der Waals surface area contributed by atoms with Crippen LogP contribution in [0.4, 0.5) is 0 Å². The van der Waals surface area contributed by atoms with E-state index in [0.29, 0.717) is 0 Å². The maximum atomic E-state index is 10.8. The molecule has 0 bridgehead atoms. The number of rotatable bonds is 8. The third-order valence-electron chi connectivity index (χ3n) is 5.94. The molecule has 1 aliphatic rings. The van der Waals surface area contributed by atoms with Gasteiger partial charge in [-0.25, -0.2) is 4.79 Å². The fraction of sp³-hybridized carbons (Fsp3) is 0.481. The number of nitrogens with zero attached hydrogens (tertiary/aromatic N) is 1. The fourth-order valence-electron chi connectivity index (χ4n) is 3.43. The van der Waals surface area contributed by atoms with Crippen LogP contribution >= 0.6 is 0 Å². The van der Waals surface area contributed by atoms with Crippen LogP contribution in [0.15, 0.2) is 74.9 Å². The Morgan fingerprint density at radius 3 is 2.07 bits per heavy atom. The molecule has 1 atom stereocenters. The average molecular weight is 410 g/mol. The smallest absolute Gasteiger partial charge is 0.328 e. The summed E-state index contributed by atoms with van der Waals surface area (Å²) in [7, 11) is 0. The molecule has 0 radical (unpaired) electrons. The largest absolute Gasteiger partial charge is 0.480 e. The van der Waals surface area contributed by atoms with E-state index < -0.39 is 12.0 Å². The minimum atomic E-state index is -0.919. The normalized spacial score (nSPS) is 20.4. The molecule has 1 N–H and O–H groups in total. The summed E-state index contributed by atoms with van der Waals surface area (Å²) in [6.45, 7) is 16.9. The van der Waals surface area contributed by atoms with Gasteiger partial charge in [0.15, 0.2) is 0 Å². The molecule has 164 valence electrons. The molecule has 0 spiro atoms. The second-order valence-corrected chi connectivity index (χ2v) is 9.01. The highest BCUT2D eigenvalue weighted by Crippen LogP contribution is 2.41. The van der Waals surface area contributed by atoms with Gasteiger partial charge in [-0.05, 0) is 100 Å². The van der Waals surface area contributed by atoms with Crippen LogP contribution in [0, 0.1) is 5.41 Å². The lowest BCUT2D eigenvalue weighted by Gasteiger charge is -2.33. The van der Waals surface area contributed by atoms with Crippen LogP contribution < -0.4 is 0 Å². The first-order valence-corrected chi connectivity index (χ1v) is 10.8. The molecule has 0 saturated carbocycles. The molecule has 3 nitrogen and oxygen atoms in total. The molecule has 1 rings (SSSR count). The summed E-state index contributed by atoms with van der Waals surface area (Å²) >= 11 is 0. The van der Waals surface area contributed by atoms with Gasteiger partial charge in [0.05, 0.1) is 0 Å². The SMILES string of the molecule is CC1=C(/C=C(C)/C(C)=C/C=C/C=C(C)/C(C)=C/C=N\[C@@H](C)C(=O)O)C(C)(C)CCC1. The lowest BCUT2D eigenvalue weighted by atomic mass is 9.72. The number of carboxylic acid groups (broad SMARTS) is 1. The van der Waals surface area contributed by atoms with Crippen LogP contribution in [0.2, 0.25) is 0 Å². The Morgan fingerprint density at radius 2 is 1.53 bits per heavy atom. The summed E-state index contributed by atoms with van der Waals surface area (Å²) in [6, 6.07) is -0.721. The maximum Gasteiger partial charge on any atom is 0.328 e. The zero-order chi connectivity index (χ0) is 22.9. The Morgan fingerprint density at radius 1 is 1.00 bits per heavy atom. The molecule has 0 heterocycles. The van der Waals surface area contributed by atoms with E-state index in [9.17, 15) is 4.79 Å². The molecule has 0 aromatic rings. The van der Waals surface area contributed by atoms with Crippen molar-refractivity contribution in [1.29, 1.82) is 0 Å². The molecule has 0 fully saturated rings. The van der Waals surface area contributed by atoms with Crippen molar-refractivity contribution in [2.45, 2.75) is 80.7 Å². The average Bonchev–Trinajstić information content (AvgIpc) is 2.66. The van der Waals surface area contributed by atoms with Gasteiger partial charge in [-0.15, -0.1) is 0 Å². The van der Waals surface area contributed by atoms with Crippen molar-refractivity contribution in [3.05, 3.63) is 69.9 Å². The van der Waals surface area contributed by atoms with Crippen LogP contribution in [0.3, 0.4) is 0 Å². The van der Waals surface area contributed by atoms with Crippen LogP contribution in [-0.4, -0.2) is 23.3 Å². The summed E-state index contributed by atoms with van der Waals surface area (Å²) < 4.78 is 0. The molecule has 0 aromatic heterocycles. The van der Waals surface area contributed by atoms with Crippen LogP contribution in [-0.2, 0) is 4.79 Å². The van der Waals surface area contributed by atoms with E-state index in [0.717, 1.165) is 11.1 Å². The number of hydrogen-bond acceptors (Lipinski definition) is 2. The van der Waals surface area contributed by atoms with Crippen molar-refractivity contribution in [3.8, 4) is 0 Å². The maximum absolute atomic E-state index is 10.8. The van der Waals surface area contributed by atoms with E-state index in [2.05, 4.69) is 63.9 Å². The van der Waals surface area contributed by atoms with Gasteiger partial charge in [0.2, 0.25) is 0 Å². The molecule has 3 heteroatoms. The first-order chi connectivity index (χ1) is 14.0. The number of carboxylic acids is 1. The second kappa shape index (κ2) is 11.7. The first-order valence-electron chi connectivity index (χ1n) is 10.8. The van der Waals surface area contributed by atoms with Crippen molar-refractivity contribution in [2.75, 3.05) is 0 Å².